The van der Waals surface area contributed by atoms with Crippen LogP contribution in [0.1, 0.15) is 12.5 Å². The molecule has 2 amide bonds. The molecule has 0 aliphatic rings. The number of fused-ring (bicyclic) bond motifs is 1. The summed E-state index contributed by atoms with van der Waals surface area (Å²) in [5, 5.41) is 28.2. The van der Waals surface area contributed by atoms with Gasteiger partial charge in [-0.3, -0.25) is 0 Å². The Balaban J connectivity index is 1.43. The second-order valence-electron chi connectivity index (χ2n) is 7.52. The summed E-state index contributed by atoms with van der Waals surface area (Å²) in [6.07, 6.45) is 0. The molecule has 0 bridgehead atoms. The summed E-state index contributed by atoms with van der Waals surface area (Å²) in [5.41, 5.74) is 2.57. The quantitative estimate of drug-likeness (QED) is 0.395. The molecule has 33 heavy (non-hydrogen) atoms. The molecule has 0 saturated heterocycles. The van der Waals surface area contributed by atoms with Crippen molar-refractivity contribution in [1.29, 1.82) is 5.26 Å². The molecular formula is C25H21FN6O. The standard InChI is InChI=1S/C25H21FN6O/c1-16(15-28-25(33)30-20-12-6-17(14-27)7-13-20)29-24-22-5-3-2-4-21(22)23(31-32-24)18-8-10-19(26)11-9-18/h2-13,16H,15H2,1H3,(H,29,32)(H2,28,30,33)/t16-/m1/s1. The number of carbonyl (C=O) groups is 1. The first-order valence-electron chi connectivity index (χ1n) is 10.4. The summed E-state index contributed by atoms with van der Waals surface area (Å²) in [6.45, 7) is 2.27. The smallest absolute Gasteiger partial charge is 0.319 e. The van der Waals surface area contributed by atoms with Gasteiger partial charge in [0.05, 0.1) is 11.6 Å². The highest BCUT2D eigenvalue weighted by atomic mass is 19.1. The van der Waals surface area contributed by atoms with Gasteiger partial charge in [0.1, 0.15) is 11.5 Å². The van der Waals surface area contributed by atoms with Crippen LogP contribution in [-0.4, -0.2) is 28.8 Å². The zero-order valence-corrected chi connectivity index (χ0v) is 17.8. The fraction of sp³-hybridized carbons (Fsp3) is 0.120. The molecule has 0 fully saturated rings. The Hall–Kier alpha value is -4.51. The molecule has 0 aliphatic heterocycles. The van der Waals surface area contributed by atoms with Gasteiger partial charge in [-0.2, -0.15) is 5.26 Å². The van der Waals surface area contributed by atoms with Gasteiger partial charge in [0.15, 0.2) is 5.82 Å². The third-order valence-electron chi connectivity index (χ3n) is 5.03. The zero-order valence-electron chi connectivity index (χ0n) is 17.8. The van der Waals surface area contributed by atoms with Gasteiger partial charge < -0.3 is 16.0 Å². The summed E-state index contributed by atoms with van der Waals surface area (Å²) in [7, 11) is 0. The Kier molecular flexibility index (Phi) is 6.41. The first-order chi connectivity index (χ1) is 16.0. The SMILES string of the molecule is C[C@H](CNC(=O)Nc1ccc(C#N)cc1)Nc1nnc(-c2ccc(F)cc2)c2ccccc12. The van der Waals surface area contributed by atoms with Gasteiger partial charge in [-0.1, -0.05) is 24.3 Å². The highest BCUT2D eigenvalue weighted by Crippen LogP contribution is 2.29. The van der Waals surface area contributed by atoms with E-state index < -0.39 is 0 Å². The van der Waals surface area contributed by atoms with E-state index in [1.807, 2.05) is 37.3 Å². The van der Waals surface area contributed by atoms with E-state index in [0.29, 0.717) is 29.3 Å². The summed E-state index contributed by atoms with van der Waals surface area (Å²) in [5.74, 6) is 0.289. The maximum atomic E-state index is 13.3. The van der Waals surface area contributed by atoms with E-state index in [2.05, 4.69) is 26.1 Å². The molecule has 1 atom stereocenters. The molecule has 3 N–H and O–H groups in total. The number of halogens is 1. The van der Waals surface area contributed by atoms with Crippen molar-refractivity contribution in [2.75, 3.05) is 17.2 Å². The molecule has 7 nitrogen and oxygen atoms in total. The molecule has 0 unspecified atom stereocenters. The van der Waals surface area contributed by atoms with Gasteiger partial charge in [-0.25, -0.2) is 9.18 Å². The van der Waals surface area contributed by atoms with Crippen molar-refractivity contribution in [3.8, 4) is 17.3 Å². The van der Waals surface area contributed by atoms with Crippen molar-refractivity contribution < 1.29 is 9.18 Å². The van der Waals surface area contributed by atoms with Crippen LogP contribution in [0, 0.1) is 17.1 Å². The van der Waals surface area contributed by atoms with Crippen LogP contribution < -0.4 is 16.0 Å². The first kappa shape index (κ1) is 21.7. The zero-order chi connectivity index (χ0) is 23.2. The Labute approximate surface area is 190 Å². The van der Waals surface area contributed by atoms with Gasteiger partial charge in [0, 0.05) is 34.6 Å². The fourth-order valence-corrected chi connectivity index (χ4v) is 3.37. The highest BCUT2D eigenvalue weighted by molar-refractivity contribution is 6.00. The number of nitrogens with one attached hydrogen (secondary N) is 3. The lowest BCUT2D eigenvalue weighted by atomic mass is 10.0. The molecule has 4 aromatic rings. The van der Waals surface area contributed by atoms with Crippen molar-refractivity contribution >= 4 is 28.3 Å². The average Bonchev–Trinajstić information content (AvgIpc) is 2.84. The largest absolute Gasteiger partial charge is 0.364 e. The van der Waals surface area contributed by atoms with Gasteiger partial charge in [-0.15, -0.1) is 10.2 Å². The average molecular weight is 440 g/mol. The predicted molar refractivity (Wildman–Crippen MR) is 126 cm³/mol. The number of urea groups is 1. The summed E-state index contributed by atoms with van der Waals surface area (Å²) < 4.78 is 13.3. The van der Waals surface area contributed by atoms with Crippen LogP contribution in [0.2, 0.25) is 0 Å². The Bertz CT molecular complexity index is 1320. The normalized spacial score (nSPS) is 11.4. The number of rotatable bonds is 6. The predicted octanol–water partition coefficient (Wildman–Crippen LogP) is 4.93. The van der Waals surface area contributed by atoms with Gasteiger partial charge in [0.25, 0.3) is 0 Å². The number of nitriles is 1. The molecule has 0 saturated carbocycles. The van der Waals surface area contributed by atoms with Crippen LogP contribution >= 0.6 is 0 Å². The van der Waals surface area contributed by atoms with E-state index in [9.17, 15) is 9.18 Å². The van der Waals surface area contributed by atoms with Crippen molar-refractivity contribution in [3.63, 3.8) is 0 Å². The minimum Gasteiger partial charge on any atom is -0.364 e. The lowest BCUT2D eigenvalue weighted by molar-refractivity contribution is 0.252. The molecule has 0 spiro atoms. The Morgan fingerprint density at radius 2 is 1.70 bits per heavy atom. The van der Waals surface area contributed by atoms with Gasteiger partial charge in [-0.05, 0) is 55.5 Å². The maximum Gasteiger partial charge on any atom is 0.319 e. The molecule has 3 aromatic carbocycles. The van der Waals surface area contributed by atoms with E-state index in [-0.39, 0.29) is 17.9 Å². The number of anilines is 2. The Morgan fingerprint density at radius 1 is 1.00 bits per heavy atom. The summed E-state index contributed by atoms with van der Waals surface area (Å²) in [6, 6.07) is 22.0. The van der Waals surface area contributed by atoms with E-state index >= 15 is 0 Å². The topological polar surface area (TPSA) is 103 Å². The molecule has 1 aromatic heterocycles. The van der Waals surface area contributed by atoms with Crippen LogP contribution in [0.15, 0.2) is 72.8 Å². The van der Waals surface area contributed by atoms with Crippen molar-refractivity contribution in [1.82, 2.24) is 15.5 Å². The molecule has 8 heteroatoms. The second kappa shape index (κ2) is 9.75. The van der Waals surface area contributed by atoms with Crippen LogP contribution in [0.25, 0.3) is 22.0 Å². The highest BCUT2D eigenvalue weighted by Gasteiger charge is 2.13. The van der Waals surface area contributed by atoms with Crippen LogP contribution in [0.5, 0.6) is 0 Å². The third-order valence-corrected chi connectivity index (χ3v) is 5.03. The monoisotopic (exact) mass is 440 g/mol. The van der Waals surface area contributed by atoms with Crippen LogP contribution in [0.4, 0.5) is 20.7 Å². The maximum absolute atomic E-state index is 13.3. The van der Waals surface area contributed by atoms with Crippen molar-refractivity contribution in [2.45, 2.75) is 13.0 Å². The number of aromatic nitrogens is 2. The molecule has 0 aliphatic carbocycles. The minimum absolute atomic E-state index is 0.133. The number of benzene rings is 3. The lowest BCUT2D eigenvalue weighted by Crippen LogP contribution is -2.37. The van der Waals surface area contributed by atoms with Crippen LogP contribution in [-0.2, 0) is 0 Å². The third kappa shape index (κ3) is 5.22. The lowest BCUT2D eigenvalue weighted by Gasteiger charge is -2.17. The van der Waals surface area contributed by atoms with Gasteiger partial charge >= 0.3 is 6.03 Å². The van der Waals surface area contributed by atoms with Crippen molar-refractivity contribution in [3.05, 3.63) is 84.2 Å². The summed E-state index contributed by atoms with van der Waals surface area (Å²) >= 11 is 0. The van der Waals surface area contributed by atoms with Gasteiger partial charge in [0.2, 0.25) is 0 Å². The van der Waals surface area contributed by atoms with E-state index in [1.54, 1.807) is 36.4 Å². The van der Waals surface area contributed by atoms with E-state index in [0.717, 1.165) is 16.3 Å². The fourth-order valence-electron chi connectivity index (χ4n) is 3.37. The molecule has 0 radical (unpaired) electrons. The van der Waals surface area contributed by atoms with Crippen molar-refractivity contribution in [2.24, 2.45) is 0 Å². The number of carbonyl (C=O) groups excluding carboxylic acids is 1. The minimum atomic E-state index is -0.351. The molecule has 4 rings (SSSR count). The van der Waals surface area contributed by atoms with E-state index in [1.165, 1.54) is 12.1 Å². The first-order valence-corrected chi connectivity index (χ1v) is 10.4. The number of hydrogen-bond acceptors (Lipinski definition) is 5. The molecular weight excluding hydrogens is 419 g/mol. The Morgan fingerprint density at radius 3 is 2.39 bits per heavy atom. The number of amides is 2. The summed E-state index contributed by atoms with van der Waals surface area (Å²) in [4.78, 5) is 12.2. The number of hydrogen-bond donors (Lipinski definition) is 3. The second-order valence-corrected chi connectivity index (χ2v) is 7.52. The molecule has 164 valence electrons. The van der Waals surface area contributed by atoms with E-state index in [4.69, 9.17) is 5.26 Å². The number of nitrogens with zero attached hydrogens (tertiary/aromatic N) is 3. The van der Waals surface area contributed by atoms with Crippen LogP contribution in [0.3, 0.4) is 0 Å². The molecule has 1 heterocycles.